The minimum absolute atomic E-state index is 0.104. The number of amides is 2. The van der Waals surface area contributed by atoms with Crippen LogP contribution in [0.5, 0.6) is 0 Å². The third-order valence-electron chi connectivity index (χ3n) is 3.27. The molecule has 1 aromatic rings. The molecule has 1 aliphatic rings. The van der Waals surface area contributed by atoms with Crippen LogP contribution >= 0.6 is 0 Å². The van der Waals surface area contributed by atoms with Gasteiger partial charge in [0.05, 0.1) is 5.69 Å². The van der Waals surface area contributed by atoms with Gasteiger partial charge in [0.25, 0.3) is 5.91 Å². The van der Waals surface area contributed by atoms with E-state index in [2.05, 4.69) is 16.9 Å². The van der Waals surface area contributed by atoms with Gasteiger partial charge in [0, 0.05) is 30.9 Å². The largest absolute Gasteiger partial charge is 0.465 e. The van der Waals surface area contributed by atoms with Crippen LogP contribution in [0.2, 0.25) is 0 Å². The fourth-order valence-electron chi connectivity index (χ4n) is 2.33. The van der Waals surface area contributed by atoms with Crippen molar-refractivity contribution in [1.82, 2.24) is 15.2 Å². The van der Waals surface area contributed by atoms with E-state index < -0.39 is 6.09 Å². The van der Waals surface area contributed by atoms with Crippen molar-refractivity contribution in [2.45, 2.75) is 18.9 Å². The molecule has 1 aliphatic heterocycles. The van der Waals surface area contributed by atoms with Crippen LogP contribution in [0.25, 0.3) is 6.08 Å². The Hall–Kier alpha value is -2.37. The predicted molar refractivity (Wildman–Crippen MR) is 74.4 cm³/mol. The molecule has 0 saturated carbocycles. The van der Waals surface area contributed by atoms with E-state index in [9.17, 15) is 9.59 Å². The summed E-state index contributed by atoms with van der Waals surface area (Å²) >= 11 is 0. The molecule has 1 atom stereocenters. The first-order valence-corrected chi connectivity index (χ1v) is 6.47. The predicted octanol–water partition coefficient (Wildman–Crippen LogP) is 1.60. The number of piperidine rings is 1. The number of nitrogens with one attached hydrogen (secondary N) is 1. The third-order valence-corrected chi connectivity index (χ3v) is 3.27. The second kappa shape index (κ2) is 6.18. The highest BCUT2D eigenvalue weighted by Crippen LogP contribution is 2.14. The first kappa shape index (κ1) is 14.0. The average Bonchev–Trinajstić information content (AvgIpc) is 2.46. The number of hydrogen-bond donors (Lipinski definition) is 2. The minimum Gasteiger partial charge on any atom is -0.465 e. The monoisotopic (exact) mass is 275 g/mol. The van der Waals surface area contributed by atoms with Crippen LogP contribution in [0.3, 0.4) is 0 Å². The van der Waals surface area contributed by atoms with Gasteiger partial charge in [0.2, 0.25) is 0 Å². The second-order valence-electron chi connectivity index (χ2n) is 4.71. The zero-order valence-corrected chi connectivity index (χ0v) is 11.1. The van der Waals surface area contributed by atoms with Crippen LogP contribution in [0.15, 0.2) is 24.9 Å². The quantitative estimate of drug-likeness (QED) is 0.877. The number of likely N-dealkylation sites (tertiary alicyclic amines) is 1. The van der Waals surface area contributed by atoms with Gasteiger partial charge in [-0.3, -0.25) is 9.78 Å². The molecule has 6 nitrogen and oxygen atoms in total. The topological polar surface area (TPSA) is 82.5 Å². The lowest BCUT2D eigenvalue weighted by Crippen LogP contribution is -2.49. The highest BCUT2D eigenvalue weighted by molar-refractivity contribution is 5.94. The number of carbonyl (C=O) groups is 2. The summed E-state index contributed by atoms with van der Waals surface area (Å²) in [6.07, 6.45) is 3.64. The SMILES string of the molecule is C=Cc1cc(C(=O)N2CCC[C@@H](NC(=O)O)C2)ccn1. The van der Waals surface area contributed by atoms with E-state index in [1.165, 1.54) is 0 Å². The average molecular weight is 275 g/mol. The molecule has 2 heterocycles. The maximum absolute atomic E-state index is 12.4. The maximum atomic E-state index is 12.4. The number of carbonyl (C=O) groups excluding carboxylic acids is 1. The first-order chi connectivity index (χ1) is 9.60. The smallest absolute Gasteiger partial charge is 0.404 e. The Kier molecular flexibility index (Phi) is 4.34. The van der Waals surface area contributed by atoms with Gasteiger partial charge in [-0.25, -0.2) is 4.79 Å². The van der Waals surface area contributed by atoms with Crippen LogP contribution in [-0.4, -0.2) is 46.1 Å². The highest BCUT2D eigenvalue weighted by Gasteiger charge is 2.25. The molecular formula is C14H17N3O3. The molecule has 0 unspecified atom stereocenters. The lowest BCUT2D eigenvalue weighted by molar-refractivity contribution is 0.0692. The van der Waals surface area contributed by atoms with Gasteiger partial charge in [-0.1, -0.05) is 6.58 Å². The summed E-state index contributed by atoms with van der Waals surface area (Å²) in [6.45, 7) is 4.67. The lowest BCUT2D eigenvalue weighted by Gasteiger charge is -2.32. The Bertz CT molecular complexity index is 530. The van der Waals surface area contributed by atoms with Crippen molar-refractivity contribution in [3.8, 4) is 0 Å². The number of pyridine rings is 1. The number of aromatic nitrogens is 1. The van der Waals surface area contributed by atoms with Crippen molar-refractivity contribution in [3.63, 3.8) is 0 Å². The molecule has 0 radical (unpaired) electrons. The Morgan fingerprint density at radius 2 is 2.35 bits per heavy atom. The molecule has 20 heavy (non-hydrogen) atoms. The standard InChI is InChI=1S/C14H17N3O3/c1-2-11-8-10(5-6-15-11)13(18)17-7-3-4-12(9-17)16-14(19)20/h2,5-6,8,12,16H,1,3-4,7,9H2,(H,19,20)/t12-/m1/s1. The van der Waals surface area contributed by atoms with E-state index in [1.807, 2.05) is 0 Å². The van der Waals surface area contributed by atoms with Crippen molar-refractivity contribution in [2.75, 3.05) is 13.1 Å². The Labute approximate surface area is 117 Å². The van der Waals surface area contributed by atoms with Crippen molar-refractivity contribution >= 4 is 18.1 Å². The van der Waals surface area contributed by atoms with Crippen LogP contribution in [0.1, 0.15) is 28.9 Å². The first-order valence-electron chi connectivity index (χ1n) is 6.47. The summed E-state index contributed by atoms with van der Waals surface area (Å²) in [5.41, 5.74) is 1.19. The highest BCUT2D eigenvalue weighted by atomic mass is 16.4. The molecule has 0 spiro atoms. The summed E-state index contributed by atoms with van der Waals surface area (Å²) in [4.78, 5) is 28.8. The summed E-state index contributed by atoms with van der Waals surface area (Å²) in [5.74, 6) is -0.104. The lowest BCUT2D eigenvalue weighted by atomic mass is 10.0. The summed E-state index contributed by atoms with van der Waals surface area (Å²) in [7, 11) is 0. The van der Waals surface area contributed by atoms with Crippen molar-refractivity contribution < 1.29 is 14.7 Å². The van der Waals surface area contributed by atoms with Crippen molar-refractivity contribution in [2.24, 2.45) is 0 Å². The Morgan fingerprint density at radius 1 is 1.55 bits per heavy atom. The minimum atomic E-state index is -1.05. The summed E-state index contributed by atoms with van der Waals surface area (Å²) in [5, 5.41) is 11.2. The third kappa shape index (κ3) is 3.34. The van der Waals surface area contributed by atoms with Gasteiger partial charge in [-0.05, 0) is 31.1 Å². The van der Waals surface area contributed by atoms with Crippen molar-refractivity contribution in [3.05, 3.63) is 36.2 Å². The fourth-order valence-corrected chi connectivity index (χ4v) is 2.33. The van der Waals surface area contributed by atoms with Crippen LogP contribution < -0.4 is 5.32 Å². The van der Waals surface area contributed by atoms with E-state index in [-0.39, 0.29) is 11.9 Å². The molecule has 2 N–H and O–H groups in total. The molecule has 6 heteroatoms. The molecule has 1 aromatic heterocycles. The van der Waals surface area contributed by atoms with Gasteiger partial charge in [0.1, 0.15) is 0 Å². The normalized spacial score (nSPS) is 18.4. The molecule has 1 fully saturated rings. The van der Waals surface area contributed by atoms with E-state index in [0.29, 0.717) is 24.3 Å². The van der Waals surface area contributed by atoms with Crippen molar-refractivity contribution in [1.29, 1.82) is 0 Å². The van der Waals surface area contributed by atoms with Gasteiger partial charge < -0.3 is 15.3 Å². The van der Waals surface area contributed by atoms with Gasteiger partial charge >= 0.3 is 6.09 Å². The van der Waals surface area contributed by atoms with Crippen LogP contribution in [-0.2, 0) is 0 Å². The molecule has 106 valence electrons. The van der Waals surface area contributed by atoms with Crippen LogP contribution in [0.4, 0.5) is 4.79 Å². The Balaban J connectivity index is 2.07. The van der Waals surface area contributed by atoms with E-state index in [0.717, 1.165) is 12.8 Å². The van der Waals surface area contributed by atoms with Gasteiger partial charge in [0.15, 0.2) is 0 Å². The zero-order valence-electron chi connectivity index (χ0n) is 11.1. The molecule has 2 rings (SSSR count). The van der Waals surface area contributed by atoms with Gasteiger partial charge in [-0.15, -0.1) is 0 Å². The maximum Gasteiger partial charge on any atom is 0.404 e. The van der Waals surface area contributed by atoms with Gasteiger partial charge in [-0.2, -0.15) is 0 Å². The van der Waals surface area contributed by atoms with E-state index in [1.54, 1.807) is 29.3 Å². The number of nitrogens with zero attached hydrogens (tertiary/aromatic N) is 2. The molecule has 2 amide bonds. The number of hydrogen-bond acceptors (Lipinski definition) is 3. The number of carboxylic acid groups (broad SMARTS) is 1. The number of rotatable bonds is 3. The fraction of sp³-hybridized carbons (Fsp3) is 0.357. The van der Waals surface area contributed by atoms with E-state index >= 15 is 0 Å². The molecule has 0 aliphatic carbocycles. The molecule has 0 bridgehead atoms. The second-order valence-corrected chi connectivity index (χ2v) is 4.71. The van der Waals surface area contributed by atoms with Crippen LogP contribution in [0, 0.1) is 0 Å². The molecule has 0 aromatic carbocycles. The zero-order chi connectivity index (χ0) is 14.5. The molecular weight excluding hydrogens is 258 g/mol. The molecule has 1 saturated heterocycles. The summed E-state index contributed by atoms with van der Waals surface area (Å²) in [6, 6.07) is 3.14. The van der Waals surface area contributed by atoms with E-state index in [4.69, 9.17) is 5.11 Å². The Morgan fingerprint density at radius 3 is 3.05 bits per heavy atom. The summed E-state index contributed by atoms with van der Waals surface area (Å²) < 4.78 is 0.